The molecular formula is C10H14N4O3. The molecule has 0 aliphatic carbocycles. The molecule has 0 aromatic carbocycles. The van der Waals surface area contributed by atoms with Crippen molar-refractivity contribution < 1.29 is 14.7 Å². The van der Waals surface area contributed by atoms with Crippen LogP contribution in [0.3, 0.4) is 0 Å². The highest BCUT2D eigenvalue weighted by Crippen LogP contribution is 2.10. The Kier molecular flexibility index (Phi) is 3.27. The Morgan fingerprint density at radius 2 is 2.29 bits per heavy atom. The third kappa shape index (κ3) is 2.74. The van der Waals surface area contributed by atoms with E-state index in [1.807, 2.05) is 0 Å². The fraction of sp³-hybridized carbons (Fsp3) is 0.500. The van der Waals surface area contributed by atoms with Crippen molar-refractivity contribution in [2.24, 2.45) is 0 Å². The Morgan fingerprint density at radius 1 is 1.47 bits per heavy atom. The van der Waals surface area contributed by atoms with E-state index in [4.69, 9.17) is 5.11 Å². The Labute approximate surface area is 98.0 Å². The number of nitrogens with zero attached hydrogens (tertiary/aromatic N) is 3. The van der Waals surface area contributed by atoms with E-state index in [1.54, 1.807) is 6.20 Å². The third-order valence-corrected chi connectivity index (χ3v) is 2.76. The summed E-state index contributed by atoms with van der Waals surface area (Å²) >= 11 is 0. The highest BCUT2D eigenvalue weighted by Gasteiger charge is 2.24. The molecule has 2 amide bonds. The summed E-state index contributed by atoms with van der Waals surface area (Å²) in [6.45, 7) is 0.878. The van der Waals surface area contributed by atoms with Crippen molar-refractivity contribution in [2.75, 3.05) is 13.1 Å². The standard InChI is InChI=1S/C10H14N4O3/c15-9(14-5-3-11-7-14)12-8-2-1-4-13(6-8)10(16)17/h3,5,7-8H,1-2,4,6H2,(H,12,15)(H,16,17)/t8-/m1/s1. The first-order chi connectivity index (χ1) is 8.16. The van der Waals surface area contributed by atoms with Crippen molar-refractivity contribution in [1.29, 1.82) is 0 Å². The highest BCUT2D eigenvalue weighted by atomic mass is 16.4. The summed E-state index contributed by atoms with van der Waals surface area (Å²) in [7, 11) is 0. The second-order valence-corrected chi connectivity index (χ2v) is 3.99. The summed E-state index contributed by atoms with van der Waals surface area (Å²) in [5, 5.41) is 11.7. The van der Waals surface area contributed by atoms with Crippen LogP contribution in [0.1, 0.15) is 12.8 Å². The van der Waals surface area contributed by atoms with Gasteiger partial charge in [0.15, 0.2) is 0 Å². The molecule has 0 radical (unpaired) electrons. The van der Waals surface area contributed by atoms with Gasteiger partial charge in [0.05, 0.1) is 0 Å². The Balaban J connectivity index is 1.91. The number of piperidine rings is 1. The number of likely N-dealkylation sites (tertiary alicyclic amines) is 1. The van der Waals surface area contributed by atoms with Gasteiger partial charge in [-0.1, -0.05) is 0 Å². The van der Waals surface area contributed by atoms with E-state index in [1.165, 1.54) is 22.0 Å². The van der Waals surface area contributed by atoms with Crippen molar-refractivity contribution in [1.82, 2.24) is 19.8 Å². The first-order valence-electron chi connectivity index (χ1n) is 5.43. The van der Waals surface area contributed by atoms with Crippen molar-refractivity contribution in [3.8, 4) is 0 Å². The summed E-state index contributed by atoms with van der Waals surface area (Å²) in [6.07, 6.45) is 5.10. The summed E-state index contributed by atoms with van der Waals surface area (Å²) in [5.41, 5.74) is 0. The zero-order chi connectivity index (χ0) is 12.3. The van der Waals surface area contributed by atoms with Gasteiger partial charge in [-0.25, -0.2) is 14.6 Å². The van der Waals surface area contributed by atoms with Gasteiger partial charge in [0.1, 0.15) is 6.33 Å². The minimum atomic E-state index is -0.938. The fourth-order valence-corrected chi connectivity index (χ4v) is 1.90. The molecule has 17 heavy (non-hydrogen) atoms. The molecule has 1 fully saturated rings. The van der Waals surface area contributed by atoms with Crippen LogP contribution in [0.5, 0.6) is 0 Å². The average molecular weight is 238 g/mol. The lowest BCUT2D eigenvalue weighted by atomic mass is 10.1. The number of carbonyl (C=O) groups excluding carboxylic acids is 1. The maximum atomic E-state index is 11.7. The Bertz CT molecular complexity index is 404. The van der Waals surface area contributed by atoms with E-state index in [2.05, 4.69) is 10.3 Å². The SMILES string of the molecule is O=C(O)N1CCC[C@@H](NC(=O)n2ccnc2)C1. The number of hydrogen-bond donors (Lipinski definition) is 2. The van der Waals surface area contributed by atoms with E-state index in [-0.39, 0.29) is 12.1 Å². The van der Waals surface area contributed by atoms with E-state index in [0.29, 0.717) is 13.1 Å². The van der Waals surface area contributed by atoms with Gasteiger partial charge in [-0.3, -0.25) is 4.57 Å². The van der Waals surface area contributed by atoms with Gasteiger partial charge < -0.3 is 15.3 Å². The first kappa shape index (κ1) is 11.4. The van der Waals surface area contributed by atoms with Crippen LogP contribution in [0, 0.1) is 0 Å². The lowest BCUT2D eigenvalue weighted by Crippen LogP contribution is -2.50. The molecule has 7 heteroatoms. The van der Waals surface area contributed by atoms with Gasteiger partial charge in [-0.15, -0.1) is 0 Å². The number of carbonyl (C=O) groups is 2. The predicted octanol–water partition coefficient (Wildman–Crippen LogP) is 0.583. The maximum absolute atomic E-state index is 11.7. The lowest BCUT2D eigenvalue weighted by Gasteiger charge is -2.31. The largest absolute Gasteiger partial charge is 0.465 e. The Hall–Kier alpha value is -2.05. The molecule has 0 saturated carbocycles. The van der Waals surface area contributed by atoms with E-state index in [9.17, 15) is 9.59 Å². The first-order valence-corrected chi connectivity index (χ1v) is 5.43. The van der Waals surface area contributed by atoms with Crippen LogP contribution < -0.4 is 5.32 Å². The van der Waals surface area contributed by atoms with Gasteiger partial charge in [0.25, 0.3) is 0 Å². The molecular weight excluding hydrogens is 224 g/mol. The number of hydrogen-bond acceptors (Lipinski definition) is 3. The molecule has 1 atom stereocenters. The molecule has 1 aliphatic rings. The lowest BCUT2D eigenvalue weighted by molar-refractivity contribution is 0.126. The van der Waals surface area contributed by atoms with Crippen LogP contribution in [0.2, 0.25) is 0 Å². The summed E-state index contributed by atoms with van der Waals surface area (Å²) in [6, 6.07) is -0.408. The summed E-state index contributed by atoms with van der Waals surface area (Å²) in [4.78, 5) is 27.6. The maximum Gasteiger partial charge on any atom is 0.407 e. The number of amides is 2. The number of nitrogens with one attached hydrogen (secondary N) is 1. The minimum absolute atomic E-state index is 0.130. The monoisotopic (exact) mass is 238 g/mol. The van der Waals surface area contributed by atoms with Gasteiger partial charge in [-0.2, -0.15) is 0 Å². The molecule has 92 valence electrons. The summed E-state index contributed by atoms with van der Waals surface area (Å²) in [5.74, 6) is 0. The summed E-state index contributed by atoms with van der Waals surface area (Å²) < 4.78 is 1.33. The molecule has 2 rings (SSSR count). The minimum Gasteiger partial charge on any atom is -0.465 e. The smallest absolute Gasteiger partial charge is 0.407 e. The molecule has 7 nitrogen and oxygen atoms in total. The number of carboxylic acid groups (broad SMARTS) is 1. The van der Waals surface area contributed by atoms with Crippen LogP contribution in [-0.2, 0) is 0 Å². The van der Waals surface area contributed by atoms with Crippen molar-refractivity contribution in [2.45, 2.75) is 18.9 Å². The quantitative estimate of drug-likeness (QED) is 0.749. The number of rotatable bonds is 1. The highest BCUT2D eigenvalue weighted by molar-refractivity contribution is 5.76. The Morgan fingerprint density at radius 3 is 2.94 bits per heavy atom. The second kappa shape index (κ2) is 4.86. The second-order valence-electron chi connectivity index (χ2n) is 3.99. The molecule has 0 unspecified atom stereocenters. The van der Waals surface area contributed by atoms with Crippen LogP contribution in [0.4, 0.5) is 9.59 Å². The molecule has 1 aromatic rings. The molecule has 2 heterocycles. The van der Waals surface area contributed by atoms with E-state index < -0.39 is 6.09 Å². The topological polar surface area (TPSA) is 87.5 Å². The normalized spacial score (nSPS) is 20.0. The van der Waals surface area contributed by atoms with Gasteiger partial charge in [-0.05, 0) is 12.8 Å². The van der Waals surface area contributed by atoms with Crippen LogP contribution in [-0.4, -0.2) is 50.8 Å². The molecule has 0 bridgehead atoms. The van der Waals surface area contributed by atoms with Gasteiger partial charge in [0, 0.05) is 31.5 Å². The van der Waals surface area contributed by atoms with Crippen LogP contribution in [0.25, 0.3) is 0 Å². The van der Waals surface area contributed by atoms with Gasteiger partial charge >= 0.3 is 12.1 Å². The average Bonchev–Trinajstić information content (AvgIpc) is 2.82. The molecule has 1 saturated heterocycles. The predicted molar refractivity (Wildman–Crippen MR) is 58.8 cm³/mol. The zero-order valence-electron chi connectivity index (χ0n) is 9.24. The zero-order valence-corrected chi connectivity index (χ0v) is 9.24. The van der Waals surface area contributed by atoms with Crippen molar-refractivity contribution in [3.05, 3.63) is 18.7 Å². The molecule has 0 spiro atoms. The molecule has 1 aromatic heterocycles. The number of aromatic nitrogens is 2. The van der Waals surface area contributed by atoms with Crippen molar-refractivity contribution >= 4 is 12.1 Å². The molecule has 2 N–H and O–H groups in total. The number of imidazole rings is 1. The van der Waals surface area contributed by atoms with Gasteiger partial charge in [0.2, 0.25) is 0 Å². The fourth-order valence-electron chi connectivity index (χ4n) is 1.90. The molecule has 1 aliphatic heterocycles. The van der Waals surface area contributed by atoms with Crippen LogP contribution in [0.15, 0.2) is 18.7 Å². The van der Waals surface area contributed by atoms with E-state index >= 15 is 0 Å². The van der Waals surface area contributed by atoms with Crippen molar-refractivity contribution in [3.63, 3.8) is 0 Å². The van der Waals surface area contributed by atoms with E-state index in [0.717, 1.165) is 12.8 Å². The third-order valence-electron chi connectivity index (χ3n) is 2.76. The van der Waals surface area contributed by atoms with Crippen LogP contribution >= 0.6 is 0 Å².